The number of ketones is 1. The van der Waals surface area contributed by atoms with Crippen molar-refractivity contribution in [3.8, 4) is 11.4 Å². The van der Waals surface area contributed by atoms with Crippen LogP contribution in [0.2, 0.25) is 0 Å². The smallest absolute Gasteiger partial charge is 0.172 e. The molecule has 0 bridgehead atoms. The second-order valence-electron chi connectivity index (χ2n) is 5.11. The molecule has 1 saturated heterocycles. The minimum atomic E-state index is 0.000757. The molecule has 21 heavy (non-hydrogen) atoms. The van der Waals surface area contributed by atoms with Gasteiger partial charge in [-0.25, -0.2) is 4.68 Å². The number of hydrogen-bond donors (Lipinski definition) is 2. The molecule has 1 atom stereocenters. The maximum Gasteiger partial charge on any atom is 0.172 e. The predicted octanol–water partition coefficient (Wildman–Crippen LogP) is 1.26. The number of ether oxygens (including phenoxy) is 1. The van der Waals surface area contributed by atoms with Gasteiger partial charge in [-0.3, -0.25) is 4.79 Å². The van der Waals surface area contributed by atoms with Crippen LogP contribution in [0.3, 0.4) is 0 Å². The average Bonchev–Trinajstić information content (AvgIpc) is 3.16. The first-order chi connectivity index (χ1) is 10.2. The van der Waals surface area contributed by atoms with E-state index in [4.69, 9.17) is 10.5 Å². The van der Waals surface area contributed by atoms with Gasteiger partial charge in [-0.1, -0.05) is 0 Å². The molecule has 6 heteroatoms. The number of benzene rings is 1. The summed E-state index contributed by atoms with van der Waals surface area (Å²) in [7, 11) is 1.61. The van der Waals surface area contributed by atoms with Crippen LogP contribution in [-0.4, -0.2) is 35.8 Å². The number of methoxy groups -OCH3 is 1. The Balaban J connectivity index is 1.89. The fourth-order valence-electron chi connectivity index (χ4n) is 2.58. The lowest BCUT2D eigenvalue weighted by molar-refractivity contribution is 0.0931. The Hall–Kier alpha value is -2.34. The van der Waals surface area contributed by atoms with Crippen LogP contribution in [0.25, 0.3) is 5.69 Å². The number of nitrogen functional groups attached to an aromatic ring is 1. The van der Waals surface area contributed by atoms with Crippen LogP contribution in [0.15, 0.2) is 30.5 Å². The molecule has 110 valence electrons. The first kappa shape index (κ1) is 13.6. The van der Waals surface area contributed by atoms with Gasteiger partial charge in [-0.15, -0.1) is 0 Å². The summed E-state index contributed by atoms with van der Waals surface area (Å²) >= 11 is 0. The molecule has 1 aliphatic heterocycles. The topological polar surface area (TPSA) is 82.2 Å². The zero-order valence-electron chi connectivity index (χ0n) is 11.9. The number of nitrogens with two attached hydrogens (primary N) is 1. The summed E-state index contributed by atoms with van der Waals surface area (Å²) in [6.07, 6.45) is 2.41. The van der Waals surface area contributed by atoms with Gasteiger partial charge in [0.2, 0.25) is 0 Å². The predicted molar refractivity (Wildman–Crippen MR) is 79.8 cm³/mol. The van der Waals surface area contributed by atoms with Crippen molar-refractivity contribution < 1.29 is 9.53 Å². The number of anilines is 1. The third-order valence-electron chi connectivity index (χ3n) is 3.82. The van der Waals surface area contributed by atoms with Crippen LogP contribution < -0.4 is 15.8 Å². The largest absolute Gasteiger partial charge is 0.497 e. The van der Waals surface area contributed by atoms with E-state index in [0.717, 1.165) is 24.4 Å². The molecule has 2 aromatic rings. The number of carbonyl (C=O) groups excluding carboxylic acids is 1. The molecular formula is C15H18N4O2. The molecule has 2 heterocycles. The Bertz CT molecular complexity index is 642. The van der Waals surface area contributed by atoms with E-state index in [1.54, 1.807) is 18.0 Å². The Labute approximate surface area is 122 Å². The van der Waals surface area contributed by atoms with Gasteiger partial charge in [0, 0.05) is 12.5 Å². The summed E-state index contributed by atoms with van der Waals surface area (Å²) in [5.41, 5.74) is 7.40. The second kappa shape index (κ2) is 5.57. The van der Waals surface area contributed by atoms with Crippen molar-refractivity contribution in [3.63, 3.8) is 0 Å². The number of Topliss-reactive ketones (excluding diaryl/α,β-unsaturated/α-hetero) is 1. The van der Waals surface area contributed by atoms with Crippen molar-refractivity contribution in [2.45, 2.75) is 6.42 Å². The Morgan fingerprint density at radius 3 is 2.81 bits per heavy atom. The summed E-state index contributed by atoms with van der Waals surface area (Å²) in [6.45, 7) is 1.59. The zero-order chi connectivity index (χ0) is 14.8. The molecule has 3 N–H and O–H groups in total. The van der Waals surface area contributed by atoms with Crippen LogP contribution in [0.4, 0.5) is 5.82 Å². The first-order valence-corrected chi connectivity index (χ1v) is 6.93. The number of hydrogen-bond acceptors (Lipinski definition) is 5. The fourth-order valence-corrected chi connectivity index (χ4v) is 2.58. The van der Waals surface area contributed by atoms with E-state index < -0.39 is 0 Å². The highest BCUT2D eigenvalue weighted by Crippen LogP contribution is 2.23. The molecule has 0 radical (unpaired) electrons. The van der Waals surface area contributed by atoms with E-state index in [1.165, 1.54) is 0 Å². The summed E-state index contributed by atoms with van der Waals surface area (Å²) in [5, 5.41) is 7.43. The van der Waals surface area contributed by atoms with Gasteiger partial charge in [0.1, 0.15) is 11.6 Å². The second-order valence-corrected chi connectivity index (χ2v) is 5.11. The van der Waals surface area contributed by atoms with E-state index in [9.17, 15) is 4.79 Å². The van der Waals surface area contributed by atoms with Crippen molar-refractivity contribution >= 4 is 11.6 Å². The Morgan fingerprint density at radius 1 is 1.43 bits per heavy atom. The monoisotopic (exact) mass is 286 g/mol. The van der Waals surface area contributed by atoms with E-state index in [2.05, 4.69) is 10.4 Å². The van der Waals surface area contributed by atoms with Gasteiger partial charge < -0.3 is 15.8 Å². The molecule has 1 fully saturated rings. The van der Waals surface area contributed by atoms with E-state index in [-0.39, 0.29) is 11.7 Å². The van der Waals surface area contributed by atoms with Crippen molar-refractivity contribution in [2.24, 2.45) is 5.92 Å². The molecule has 0 saturated carbocycles. The van der Waals surface area contributed by atoms with Gasteiger partial charge >= 0.3 is 0 Å². The third-order valence-corrected chi connectivity index (χ3v) is 3.82. The van der Waals surface area contributed by atoms with Gasteiger partial charge in [0.05, 0.1) is 24.6 Å². The molecular weight excluding hydrogens is 268 g/mol. The molecule has 0 spiro atoms. The lowest BCUT2D eigenvalue weighted by atomic mass is 9.99. The highest BCUT2D eigenvalue weighted by Gasteiger charge is 2.27. The summed E-state index contributed by atoms with van der Waals surface area (Å²) < 4.78 is 6.70. The summed E-state index contributed by atoms with van der Waals surface area (Å²) in [6, 6.07) is 7.37. The minimum Gasteiger partial charge on any atom is -0.497 e. The van der Waals surface area contributed by atoms with E-state index in [0.29, 0.717) is 17.9 Å². The maximum absolute atomic E-state index is 12.4. The van der Waals surface area contributed by atoms with Crippen molar-refractivity contribution in [1.29, 1.82) is 0 Å². The minimum absolute atomic E-state index is 0.000757. The fraction of sp³-hybridized carbons (Fsp3) is 0.333. The summed E-state index contributed by atoms with van der Waals surface area (Å²) in [4.78, 5) is 12.4. The Kier molecular flexibility index (Phi) is 3.62. The highest BCUT2D eigenvalue weighted by atomic mass is 16.5. The number of carbonyl (C=O) groups is 1. The third kappa shape index (κ3) is 2.50. The normalized spacial score (nSPS) is 17.9. The standard InChI is InChI=1S/C15H18N4O2/c1-21-12-4-2-11(3-5-12)19-15(16)13(9-18-19)14(20)10-6-7-17-8-10/h2-5,9-10,17H,6-8,16H2,1H3. The van der Waals surface area contributed by atoms with Crippen LogP contribution in [0.5, 0.6) is 5.75 Å². The van der Waals surface area contributed by atoms with Crippen LogP contribution in [-0.2, 0) is 0 Å². The van der Waals surface area contributed by atoms with Gasteiger partial charge in [0.25, 0.3) is 0 Å². The van der Waals surface area contributed by atoms with E-state index >= 15 is 0 Å². The molecule has 6 nitrogen and oxygen atoms in total. The van der Waals surface area contributed by atoms with Crippen molar-refractivity contribution in [3.05, 3.63) is 36.0 Å². The van der Waals surface area contributed by atoms with Crippen LogP contribution in [0.1, 0.15) is 16.8 Å². The van der Waals surface area contributed by atoms with Crippen molar-refractivity contribution in [2.75, 3.05) is 25.9 Å². The van der Waals surface area contributed by atoms with Crippen molar-refractivity contribution in [1.82, 2.24) is 15.1 Å². The van der Waals surface area contributed by atoms with Gasteiger partial charge in [0.15, 0.2) is 5.78 Å². The van der Waals surface area contributed by atoms with Gasteiger partial charge in [-0.2, -0.15) is 5.10 Å². The SMILES string of the molecule is COc1ccc(-n2ncc(C(=O)C3CCNC3)c2N)cc1. The lowest BCUT2D eigenvalue weighted by Crippen LogP contribution is -2.18. The molecule has 1 aromatic carbocycles. The molecule has 0 aliphatic carbocycles. The average molecular weight is 286 g/mol. The zero-order valence-corrected chi connectivity index (χ0v) is 11.9. The van der Waals surface area contributed by atoms with E-state index in [1.807, 2.05) is 24.3 Å². The lowest BCUT2D eigenvalue weighted by Gasteiger charge is -2.08. The number of rotatable bonds is 4. The highest BCUT2D eigenvalue weighted by molar-refractivity contribution is 6.02. The number of aromatic nitrogens is 2. The first-order valence-electron chi connectivity index (χ1n) is 6.93. The molecule has 1 unspecified atom stereocenters. The molecule has 3 rings (SSSR count). The van der Waals surface area contributed by atoms with Gasteiger partial charge in [-0.05, 0) is 37.2 Å². The van der Waals surface area contributed by atoms with Crippen LogP contribution in [0, 0.1) is 5.92 Å². The summed E-state index contributed by atoms with van der Waals surface area (Å²) in [5.74, 6) is 1.22. The molecule has 0 amide bonds. The Morgan fingerprint density at radius 2 is 2.19 bits per heavy atom. The number of nitrogens with one attached hydrogen (secondary N) is 1. The molecule has 1 aromatic heterocycles. The number of nitrogens with zero attached hydrogens (tertiary/aromatic N) is 2. The molecule has 1 aliphatic rings. The maximum atomic E-state index is 12.4. The quantitative estimate of drug-likeness (QED) is 0.827. The van der Waals surface area contributed by atoms with Crippen LogP contribution >= 0.6 is 0 Å².